The summed E-state index contributed by atoms with van der Waals surface area (Å²) in [6.07, 6.45) is 0. The lowest BCUT2D eigenvalue weighted by molar-refractivity contribution is 0.715. The number of thiazole rings is 1. The fraction of sp³-hybridized carbons (Fsp3) is 0.500. The zero-order valence-electron chi connectivity index (χ0n) is 5.87. The first-order chi connectivity index (χ1) is 4.74. The molecule has 1 atom stereocenters. The highest BCUT2D eigenvalue weighted by atomic mass is 32.1. The second-order valence-electron chi connectivity index (χ2n) is 2.13. The van der Waals surface area contributed by atoms with Crippen LogP contribution in [0.4, 0.5) is 0 Å². The van der Waals surface area contributed by atoms with Crippen molar-refractivity contribution in [2.45, 2.75) is 13.0 Å². The molecule has 0 saturated carbocycles. The molecule has 0 spiro atoms. The highest BCUT2D eigenvalue weighted by molar-refractivity contribution is 7.09. The van der Waals surface area contributed by atoms with Crippen LogP contribution in [0.25, 0.3) is 0 Å². The fourth-order valence-electron chi connectivity index (χ4n) is 0.671. The molecule has 56 valence electrons. The topological polar surface area (TPSA) is 64.9 Å². The van der Waals surface area contributed by atoms with Crippen molar-refractivity contribution in [1.82, 2.24) is 4.98 Å². The summed E-state index contributed by atoms with van der Waals surface area (Å²) in [6, 6.07) is -0.0926. The average Bonchev–Trinajstić information content (AvgIpc) is 2.34. The van der Waals surface area contributed by atoms with Crippen LogP contribution in [-0.2, 0) is 0 Å². The lowest BCUT2D eigenvalue weighted by Gasteiger charge is -2.02. The molecule has 0 unspecified atom stereocenters. The van der Waals surface area contributed by atoms with E-state index in [1.807, 2.05) is 12.3 Å². The van der Waals surface area contributed by atoms with E-state index in [9.17, 15) is 0 Å². The molecular formula is C6H11N3S. The summed E-state index contributed by atoms with van der Waals surface area (Å²) in [5.74, 6) is 0. The molecule has 3 nitrogen and oxygen atoms in total. The van der Waals surface area contributed by atoms with Gasteiger partial charge in [0.05, 0.1) is 16.7 Å². The Morgan fingerprint density at radius 1 is 1.80 bits per heavy atom. The Labute approximate surface area is 64.1 Å². The Hall–Kier alpha value is -0.450. The van der Waals surface area contributed by atoms with E-state index in [-0.39, 0.29) is 6.04 Å². The predicted molar refractivity (Wildman–Crippen MR) is 42.8 cm³/mol. The van der Waals surface area contributed by atoms with Gasteiger partial charge >= 0.3 is 0 Å². The fourth-order valence-corrected chi connectivity index (χ4v) is 1.35. The van der Waals surface area contributed by atoms with E-state index in [1.165, 1.54) is 0 Å². The van der Waals surface area contributed by atoms with Crippen LogP contribution in [0.1, 0.15) is 16.7 Å². The molecule has 0 fully saturated rings. The van der Waals surface area contributed by atoms with Gasteiger partial charge in [-0.15, -0.1) is 11.3 Å². The standard InChI is InChI=1S/C6H11N3S/c1-4-9-6(3-10-4)5(8)2-7/h3,5H,2,7-8H2,1H3/t5-/m1/s1. The van der Waals surface area contributed by atoms with Gasteiger partial charge in [0.15, 0.2) is 0 Å². The Morgan fingerprint density at radius 2 is 2.50 bits per heavy atom. The quantitative estimate of drug-likeness (QED) is 0.653. The molecule has 1 aromatic rings. The Balaban J connectivity index is 2.74. The first kappa shape index (κ1) is 7.65. The van der Waals surface area contributed by atoms with Gasteiger partial charge in [0.25, 0.3) is 0 Å². The number of hydrogen-bond acceptors (Lipinski definition) is 4. The third-order valence-corrected chi connectivity index (χ3v) is 2.06. The van der Waals surface area contributed by atoms with E-state index >= 15 is 0 Å². The minimum absolute atomic E-state index is 0.0926. The normalized spacial score (nSPS) is 13.5. The van der Waals surface area contributed by atoms with Gasteiger partial charge in [-0.25, -0.2) is 4.98 Å². The molecule has 0 radical (unpaired) electrons. The zero-order chi connectivity index (χ0) is 7.56. The molecule has 1 heterocycles. The van der Waals surface area contributed by atoms with Gasteiger partial charge in [0, 0.05) is 11.9 Å². The maximum Gasteiger partial charge on any atom is 0.0898 e. The molecule has 0 aliphatic carbocycles. The molecule has 1 rings (SSSR count). The number of rotatable bonds is 2. The maximum atomic E-state index is 5.63. The summed E-state index contributed by atoms with van der Waals surface area (Å²) in [5.41, 5.74) is 11.9. The van der Waals surface area contributed by atoms with Crippen molar-refractivity contribution in [3.8, 4) is 0 Å². The van der Waals surface area contributed by atoms with Gasteiger partial charge in [-0.1, -0.05) is 0 Å². The van der Waals surface area contributed by atoms with Crippen LogP contribution >= 0.6 is 11.3 Å². The van der Waals surface area contributed by atoms with Crippen LogP contribution in [0, 0.1) is 6.92 Å². The summed E-state index contributed by atoms with van der Waals surface area (Å²) in [6.45, 7) is 2.42. The number of nitrogens with zero attached hydrogens (tertiary/aromatic N) is 1. The van der Waals surface area contributed by atoms with Crippen LogP contribution in [0.2, 0.25) is 0 Å². The van der Waals surface area contributed by atoms with Gasteiger partial charge in [-0.2, -0.15) is 0 Å². The summed E-state index contributed by atoms with van der Waals surface area (Å²) < 4.78 is 0. The third-order valence-electron chi connectivity index (χ3n) is 1.27. The number of aryl methyl sites for hydroxylation is 1. The molecule has 0 amide bonds. The van der Waals surface area contributed by atoms with E-state index in [0.717, 1.165) is 10.7 Å². The molecule has 0 aliphatic rings. The van der Waals surface area contributed by atoms with Crippen molar-refractivity contribution >= 4 is 11.3 Å². The minimum Gasteiger partial charge on any atom is -0.329 e. The van der Waals surface area contributed by atoms with Gasteiger partial charge < -0.3 is 11.5 Å². The van der Waals surface area contributed by atoms with E-state index in [1.54, 1.807) is 11.3 Å². The van der Waals surface area contributed by atoms with Crippen molar-refractivity contribution < 1.29 is 0 Å². The van der Waals surface area contributed by atoms with Crippen molar-refractivity contribution in [3.05, 3.63) is 16.1 Å². The zero-order valence-corrected chi connectivity index (χ0v) is 6.69. The van der Waals surface area contributed by atoms with Crippen LogP contribution in [0.3, 0.4) is 0 Å². The third kappa shape index (κ3) is 1.53. The van der Waals surface area contributed by atoms with E-state index in [0.29, 0.717) is 6.54 Å². The van der Waals surface area contributed by atoms with Crippen LogP contribution in [0.15, 0.2) is 5.38 Å². The van der Waals surface area contributed by atoms with Crippen molar-refractivity contribution in [3.63, 3.8) is 0 Å². The second-order valence-corrected chi connectivity index (χ2v) is 3.20. The molecular weight excluding hydrogens is 146 g/mol. The lowest BCUT2D eigenvalue weighted by Crippen LogP contribution is -2.20. The largest absolute Gasteiger partial charge is 0.329 e. The Bertz CT molecular complexity index is 209. The molecule has 0 bridgehead atoms. The van der Waals surface area contributed by atoms with Gasteiger partial charge in [-0.3, -0.25) is 0 Å². The maximum absolute atomic E-state index is 5.63. The SMILES string of the molecule is Cc1nc([C@H](N)CN)cs1. The lowest BCUT2D eigenvalue weighted by atomic mass is 10.2. The van der Waals surface area contributed by atoms with Crippen LogP contribution in [0.5, 0.6) is 0 Å². The van der Waals surface area contributed by atoms with Gasteiger partial charge in [0.1, 0.15) is 0 Å². The number of nitrogens with two attached hydrogens (primary N) is 2. The van der Waals surface area contributed by atoms with Crippen LogP contribution in [-0.4, -0.2) is 11.5 Å². The highest BCUT2D eigenvalue weighted by Crippen LogP contribution is 2.12. The van der Waals surface area contributed by atoms with Crippen molar-refractivity contribution in [2.24, 2.45) is 11.5 Å². The van der Waals surface area contributed by atoms with E-state index < -0.39 is 0 Å². The predicted octanol–water partition coefficient (Wildman–Crippen LogP) is 0.410. The molecule has 0 aliphatic heterocycles. The van der Waals surface area contributed by atoms with Gasteiger partial charge in [0.2, 0.25) is 0 Å². The first-order valence-electron chi connectivity index (χ1n) is 3.11. The smallest absolute Gasteiger partial charge is 0.0898 e. The van der Waals surface area contributed by atoms with E-state index in [4.69, 9.17) is 11.5 Å². The first-order valence-corrected chi connectivity index (χ1v) is 3.99. The number of aromatic nitrogens is 1. The average molecular weight is 157 g/mol. The van der Waals surface area contributed by atoms with Crippen LogP contribution < -0.4 is 11.5 Å². The number of hydrogen-bond donors (Lipinski definition) is 2. The molecule has 4 N–H and O–H groups in total. The molecule has 10 heavy (non-hydrogen) atoms. The van der Waals surface area contributed by atoms with Crippen molar-refractivity contribution in [1.29, 1.82) is 0 Å². The summed E-state index contributed by atoms with van der Waals surface area (Å²) in [4.78, 5) is 4.19. The Morgan fingerprint density at radius 3 is 2.90 bits per heavy atom. The van der Waals surface area contributed by atoms with E-state index in [2.05, 4.69) is 4.98 Å². The summed E-state index contributed by atoms with van der Waals surface area (Å²) in [5, 5.41) is 2.99. The monoisotopic (exact) mass is 157 g/mol. The molecule has 0 saturated heterocycles. The van der Waals surface area contributed by atoms with Gasteiger partial charge in [-0.05, 0) is 6.92 Å². The minimum atomic E-state index is -0.0926. The molecule has 0 aromatic carbocycles. The molecule has 1 aromatic heterocycles. The summed E-state index contributed by atoms with van der Waals surface area (Å²) in [7, 11) is 0. The summed E-state index contributed by atoms with van der Waals surface area (Å²) >= 11 is 1.60. The van der Waals surface area contributed by atoms with Crippen molar-refractivity contribution in [2.75, 3.05) is 6.54 Å². The second kappa shape index (κ2) is 3.09. The molecule has 4 heteroatoms. The highest BCUT2D eigenvalue weighted by Gasteiger charge is 2.05. The Kier molecular flexibility index (Phi) is 2.37.